The molecule has 0 unspecified atom stereocenters. The van der Waals surface area contributed by atoms with E-state index in [0.717, 1.165) is 26.2 Å². The average molecular weight is 234 g/mol. The third kappa shape index (κ3) is 3.01. The van der Waals surface area contributed by atoms with Gasteiger partial charge in [-0.05, 0) is 19.2 Å². The van der Waals surface area contributed by atoms with Gasteiger partial charge in [-0.2, -0.15) is 0 Å². The third-order valence-electron chi connectivity index (χ3n) is 3.10. The van der Waals surface area contributed by atoms with Gasteiger partial charge in [0.2, 0.25) is 0 Å². The van der Waals surface area contributed by atoms with Gasteiger partial charge in [0.1, 0.15) is 5.82 Å². The average Bonchev–Trinajstić information content (AvgIpc) is 2.32. The lowest BCUT2D eigenvalue weighted by molar-refractivity contribution is 0.0877. The van der Waals surface area contributed by atoms with Gasteiger partial charge >= 0.3 is 0 Å². The minimum Gasteiger partial charge on any atom is -0.383 e. The monoisotopic (exact) mass is 234 g/mol. The van der Waals surface area contributed by atoms with Gasteiger partial charge in [-0.3, -0.25) is 9.69 Å². The maximum atomic E-state index is 12.0. The molecule has 0 saturated carbocycles. The highest BCUT2D eigenvalue weighted by Crippen LogP contribution is 2.09. The first-order valence-electron chi connectivity index (χ1n) is 5.81. The summed E-state index contributed by atoms with van der Waals surface area (Å²) in [5.41, 5.74) is 6.22. The predicted molar refractivity (Wildman–Crippen MR) is 66.9 cm³/mol. The van der Waals surface area contributed by atoms with Crippen molar-refractivity contribution in [2.45, 2.75) is 0 Å². The first-order valence-corrected chi connectivity index (χ1v) is 5.81. The number of Topliss-reactive ketones (excluding diaryl/α,β-unsaturated/α-hetero) is 1. The van der Waals surface area contributed by atoms with Crippen molar-refractivity contribution < 1.29 is 4.79 Å². The van der Waals surface area contributed by atoms with Crippen LogP contribution >= 0.6 is 0 Å². The standard InChI is InChI=1S/C12H18N4O/c1-15-5-7-16(8-6-15)9-11(17)10-3-2-4-14-12(10)13/h2-4H,5-9H2,1H3,(H2,13,14). The Morgan fingerprint density at radius 2 is 2.12 bits per heavy atom. The molecule has 1 fully saturated rings. The van der Waals surface area contributed by atoms with E-state index in [4.69, 9.17) is 5.73 Å². The molecule has 2 N–H and O–H groups in total. The molecule has 5 heteroatoms. The van der Waals surface area contributed by atoms with Crippen LogP contribution in [0.3, 0.4) is 0 Å². The number of nitrogens with two attached hydrogens (primary N) is 1. The lowest BCUT2D eigenvalue weighted by Crippen LogP contribution is -2.46. The zero-order chi connectivity index (χ0) is 12.3. The minimum atomic E-state index is 0.0557. The number of aromatic nitrogens is 1. The summed E-state index contributed by atoms with van der Waals surface area (Å²) in [6.45, 7) is 4.32. The quantitative estimate of drug-likeness (QED) is 0.751. The minimum absolute atomic E-state index is 0.0557. The van der Waals surface area contributed by atoms with Gasteiger partial charge in [0, 0.05) is 32.4 Å². The molecule has 5 nitrogen and oxygen atoms in total. The lowest BCUT2D eigenvalue weighted by atomic mass is 10.1. The molecule has 1 saturated heterocycles. The van der Waals surface area contributed by atoms with E-state index >= 15 is 0 Å². The Balaban J connectivity index is 1.96. The van der Waals surface area contributed by atoms with Crippen molar-refractivity contribution in [3.8, 4) is 0 Å². The molecular weight excluding hydrogens is 216 g/mol. The van der Waals surface area contributed by atoms with E-state index in [-0.39, 0.29) is 5.78 Å². The lowest BCUT2D eigenvalue weighted by Gasteiger charge is -2.31. The van der Waals surface area contributed by atoms with Crippen molar-refractivity contribution in [3.63, 3.8) is 0 Å². The normalized spacial score (nSPS) is 18.2. The first kappa shape index (κ1) is 12.0. The summed E-state index contributed by atoms with van der Waals surface area (Å²) < 4.78 is 0. The number of nitrogens with zero attached hydrogens (tertiary/aromatic N) is 3. The van der Waals surface area contributed by atoms with Crippen molar-refractivity contribution in [1.29, 1.82) is 0 Å². The van der Waals surface area contributed by atoms with Gasteiger partial charge in [-0.15, -0.1) is 0 Å². The maximum Gasteiger partial charge on any atom is 0.180 e. The number of anilines is 1. The fraction of sp³-hybridized carbons (Fsp3) is 0.500. The van der Waals surface area contributed by atoms with E-state index in [1.165, 1.54) is 0 Å². The second-order valence-corrected chi connectivity index (χ2v) is 4.44. The molecule has 0 atom stereocenters. The molecule has 0 radical (unpaired) electrons. The molecule has 2 rings (SSSR count). The molecule has 0 aliphatic carbocycles. The van der Waals surface area contributed by atoms with Gasteiger partial charge in [-0.25, -0.2) is 4.98 Å². The third-order valence-corrected chi connectivity index (χ3v) is 3.10. The molecular formula is C12H18N4O. The van der Waals surface area contributed by atoms with Crippen LogP contribution in [0.4, 0.5) is 5.82 Å². The molecule has 92 valence electrons. The van der Waals surface area contributed by atoms with Gasteiger partial charge < -0.3 is 10.6 Å². The fourth-order valence-corrected chi connectivity index (χ4v) is 1.95. The number of piperazine rings is 1. The fourth-order valence-electron chi connectivity index (χ4n) is 1.95. The van der Waals surface area contributed by atoms with Gasteiger partial charge in [0.25, 0.3) is 0 Å². The Kier molecular flexibility index (Phi) is 3.71. The van der Waals surface area contributed by atoms with Crippen molar-refractivity contribution in [3.05, 3.63) is 23.9 Å². The van der Waals surface area contributed by atoms with E-state index < -0.39 is 0 Å². The van der Waals surface area contributed by atoms with Crippen LogP contribution in [0.5, 0.6) is 0 Å². The molecule has 0 bridgehead atoms. The zero-order valence-corrected chi connectivity index (χ0v) is 10.1. The largest absolute Gasteiger partial charge is 0.383 e. The van der Waals surface area contributed by atoms with Crippen molar-refractivity contribution in [1.82, 2.24) is 14.8 Å². The Labute approximate surface area is 101 Å². The van der Waals surface area contributed by atoms with Crippen molar-refractivity contribution in [2.75, 3.05) is 45.5 Å². The smallest absolute Gasteiger partial charge is 0.180 e. The van der Waals surface area contributed by atoms with E-state index in [9.17, 15) is 4.79 Å². The summed E-state index contributed by atoms with van der Waals surface area (Å²) in [4.78, 5) is 20.4. The predicted octanol–water partition coefficient (Wildman–Crippen LogP) is 0.0939. The summed E-state index contributed by atoms with van der Waals surface area (Å²) in [5, 5.41) is 0. The van der Waals surface area contributed by atoms with Crippen LogP contribution < -0.4 is 5.73 Å². The Morgan fingerprint density at radius 3 is 2.76 bits per heavy atom. The summed E-state index contributed by atoms with van der Waals surface area (Å²) in [7, 11) is 2.10. The van der Waals surface area contributed by atoms with Crippen LogP contribution in [0.25, 0.3) is 0 Å². The number of likely N-dealkylation sites (N-methyl/N-ethyl adjacent to an activating group) is 1. The van der Waals surface area contributed by atoms with Gasteiger partial charge in [0.05, 0.1) is 12.1 Å². The van der Waals surface area contributed by atoms with Crippen molar-refractivity contribution >= 4 is 11.6 Å². The second kappa shape index (κ2) is 5.25. The Bertz CT molecular complexity index is 399. The Morgan fingerprint density at radius 1 is 1.41 bits per heavy atom. The molecule has 1 aliphatic heterocycles. The highest BCUT2D eigenvalue weighted by molar-refractivity contribution is 6.01. The number of carbonyl (C=O) groups excluding carboxylic acids is 1. The van der Waals surface area contributed by atoms with E-state index in [2.05, 4.69) is 21.8 Å². The molecule has 1 aromatic heterocycles. The zero-order valence-electron chi connectivity index (χ0n) is 10.1. The maximum absolute atomic E-state index is 12.0. The van der Waals surface area contributed by atoms with Crippen LogP contribution in [-0.4, -0.2) is 60.3 Å². The molecule has 1 aliphatic rings. The number of hydrogen-bond donors (Lipinski definition) is 1. The molecule has 1 aromatic rings. The number of rotatable bonds is 3. The molecule has 0 amide bonds. The topological polar surface area (TPSA) is 62.5 Å². The Hall–Kier alpha value is -1.46. The van der Waals surface area contributed by atoms with Crippen LogP contribution in [0.2, 0.25) is 0 Å². The SMILES string of the molecule is CN1CCN(CC(=O)c2cccnc2N)CC1. The van der Waals surface area contributed by atoms with Crippen LogP contribution in [-0.2, 0) is 0 Å². The van der Waals surface area contributed by atoms with Gasteiger partial charge in [-0.1, -0.05) is 0 Å². The number of pyridine rings is 1. The van der Waals surface area contributed by atoms with Crippen LogP contribution in [0.1, 0.15) is 10.4 Å². The molecule has 2 heterocycles. The highest BCUT2D eigenvalue weighted by Gasteiger charge is 2.18. The van der Waals surface area contributed by atoms with Crippen molar-refractivity contribution in [2.24, 2.45) is 0 Å². The molecule has 0 aromatic carbocycles. The summed E-state index contributed by atoms with van der Waals surface area (Å²) in [6.07, 6.45) is 1.60. The van der Waals surface area contributed by atoms with E-state index in [1.54, 1.807) is 18.3 Å². The molecule has 17 heavy (non-hydrogen) atoms. The second-order valence-electron chi connectivity index (χ2n) is 4.44. The van der Waals surface area contributed by atoms with Crippen LogP contribution in [0, 0.1) is 0 Å². The first-order chi connectivity index (χ1) is 8.16. The number of ketones is 1. The van der Waals surface area contributed by atoms with Gasteiger partial charge in [0.15, 0.2) is 5.78 Å². The summed E-state index contributed by atoms with van der Waals surface area (Å²) in [5.74, 6) is 0.381. The summed E-state index contributed by atoms with van der Waals surface area (Å²) in [6, 6.07) is 3.48. The number of hydrogen-bond acceptors (Lipinski definition) is 5. The summed E-state index contributed by atoms with van der Waals surface area (Å²) >= 11 is 0. The van der Waals surface area contributed by atoms with E-state index in [1.807, 2.05) is 0 Å². The van der Waals surface area contributed by atoms with E-state index in [0.29, 0.717) is 17.9 Å². The highest BCUT2D eigenvalue weighted by atomic mass is 16.1. The number of nitrogen functional groups attached to an aromatic ring is 1. The number of carbonyl (C=O) groups is 1. The molecule has 0 spiro atoms. The van der Waals surface area contributed by atoms with Crippen LogP contribution in [0.15, 0.2) is 18.3 Å².